The number of hydrogen-bond acceptors (Lipinski definition) is 5. The Labute approximate surface area is 338 Å². The molecule has 1 atom stereocenters. The SMILES string of the molecule is CC(C)c1ccc(C2CCN(CC(=O)N3CCC(C(C)C)C(F)(F)C3)CC2)cc1.CC(C)c1ccc(C2CCN(CC(=O)N3CCN(C(C)C)CC3)CC2)cc1. The average Bonchev–Trinajstić information content (AvgIpc) is 3.18. The minimum atomic E-state index is -2.78. The highest BCUT2D eigenvalue weighted by atomic mass is 19.3. The van der Waals surface area contributed by atoms with Gasteiger partial charge in [-0.2, -0.15) is 0 Å². The number of halogens is 2. The first-order valence-electron chi connectivity index (χ1n) is 21.9. The van der Waals surface area contributed by atoms with Gasteiger partial charge in [0.05, 0.1) is 19.6 Å². The molecular formula is C47H73F2N5O2. The molecule has 4 aliphatic rings. The standard InChI is InChI=1S/C24H36F2N2O.C23H37N3O/c1-17(2)19-5-7-20(8-6-19)21-9-12-27(13-10-21)15-23(29)28-14-11-22(18(3)4)24(25,26)16-28;1-18(2)20-5-7-21(8-6-20)22-9-11-24(12-10-22)17-23(27)26-15-13-25(14-16-26)19(3)4/h5-8,17-18,21-22H,9-16H2,1-4H3;5-8,18-19,22H,9-17H2,1-4H3. The monoisotopic (exact) mass is 778 g/mol. The third-order valence-electron chi connectivity index (χ3n) is 13.3. The van der Waals surface area contributed by atoms with E-state index in [2.05, 4.69) is 110 Å². The summed E-state index contributed by atoms with van der Waals surface area (Å²) in [4.78, 5) is 35.7. The lowest BCUT2D eigenvalue weighted by Gasteiger charge is -2.41. The molecule has 0 spiro atoms. The van der Waals surface area contributed by atoms with E-state index < -0.39 is 18.4 Å². The van der Waals surface area contributed by atoms with E-state index in [0.29, 0.717) is 55.1 Å². The summed E-state index contributed by atoms with van der Waals surface area (Å²) in [5.74, 6) is -0.993. The van der Waals surface area contributed by atoms with Crippen LogP contribution in [0.15, 0.2) is 48.5 Å². The number of piperidine rings is 3. The fourth-order valence-corrected chi connectivity index (χ4v) is 9.22. The van der Waals surface area contributed by atoms with E-state index in [1.807, 2.05) is 13.8 Å². The number of alkyl halides is 2. The van der Waals surface area contributed by atoms with Crippen molar-refractivity contribution in [3.05, 3.63) is 70.8 Å². The minimum absolute atomic E-state index is 0.0594. The highest BCUT2D eigenvalue weighted by molar-refractivity contribution is 5.79. The molecule has 0 aromatic heterocycles. The first kappa shape index (κ1) is 44.2. The van der Waals surface area contributed by atoms with Gasteiger partial charge in [-0.25, -0.2) is 8.78 Å². The second-order valence-electron chi connectivity index (χ2n) is 18.5. The van der Waals surface area contributed by atoms with Crippen LogP contribution in [-0.2, 0) is 9.59 Å². The maximum atomic E-state index is 14.4. The topological polar surface area (TPSA) is 50.3 Å². The zero-order chi connectivity index (χ0) is 40.6. The van der Waals surface area contributed by atoms with E-state index >= 15 is 0 Å². The third kappa shape index (κ3) is 12.1. The number of hydrogen-bond donors (Lipinski definition) is 0. The Hall–Kier alpha value is -2.88. The van der Waals surface area contributed by atoms with Crippen molar-refractivity contribution in [2.45, 2.75) is 123 Å². The molecule has 7 nitrogen and oxygen atoms in total. The lowest BCUT2D eigenvalue weighted by atomic mass is 9.83. The van der Waals surface area contributed by atoms with Crippen LogP contribution in [0.3, 0.4) is 0 Å². The summed E-state index contributed by atoms with van der Waals surface area (Å²) in [6.45, 7) is 25.5. The molecule has 4 saturated heterocycles. The Bertz CT molecular complexity index is 1500. The molecule has 56 heavy (non-hydrogen) atoms. The fourth-order valence-electron chi connectivity index (χ4n) is 9.22. The molecule has 2 amide bonds. The van der Waals surface area contributed by atoms with Crippen LogP contribution >= 0.6 is 0 Å². The van der Waals surface area contributed by atoms with Crippen LogP contribution < -0.4 is 0 Å². The van der Waals surface area contributed by atoms with Crippen LogP contribution in [0.1, 0.15) is 133 Å². The number of carbonyl (C=O) groups excluding carboxylic acids is 2. The van der Waals surface area contributed by atoms with Crippen molar-refractivity contribution in [3.63, 3.8) is 0 Å². The molecule has 1 unspecified atom stereocenters. The van der Waals surface area contributed by atoms with E-state index in [4.69, 9.17) is 0 Å². The number of piperazine rings is 1. The number of amides is 2. The number of benzene rings is 2. The number of likely N-dealkylation sites (tertiary alicyclic amines) is 3. The summed E-state index contributed by atoms with van der Waals surface area (Å²) in [5, 5.41) is 0. The van der Waals surface area contributed by atoms with E-state index in [9.17, 15) is 18.4 Å². The molecule has 2 aromatic rings. The molecule has 0 saturated carbocycles. The lowest BCUT2D eigenvalue weighted by Crippen LogP contribution is -2.54. The van der Waals surface area contributed by atoms with E-state index in [-0.39, 0.29) is 18.4 Å². The molecule has 2 aromatic carbocycles. The lowest BCUT2D eigenvalue weighted by molar-refractivity contribution is -0.155. The fraction of sp³-hybridized carbons (Fsp3) is 0.702. The first-order chi connectivity index (χ1) is 26.6. The summed E-state index contributed by atoms with van der Waals surface area (Å²) < 4.78 is 28.8. The smallest absolute Gasteiger partial charge is 0.268 e. The molecule has 0 radical (unpaired) electrons. The number of carbonyl (C=O) groups is 2. The summed E-state index contributed by atoms with van der Waals surface area (Å²) in [6, 6.07) is 18.7. The molecule has 0 N–H and O–H groups in total. The molecular weight excluding hydrogens is 705 g/mol. The van der Waals surface area contributed by atoms with Gasteiger partial charge < -0.3 is 9.80 Å². The summed E-state index contributed by atoms with van der Waals surface area (Å²) in [6.07, 6.45) is 4.75. The molecule has 4 heterocycles. The van der Waals surface area contributed by atoms with Crippen molar-refractivity contribution < 1.29 is 18.4 Å². The minimum Gasteiger partial charge on any atom is -0.339 e. The second-order valence-corrected chi connectivity index (χ2v) is 18.5. The van der Waals surface area contributed by atoms with Gasteiger partial charge in [-0.15, -0.1) is 0 Å². The molecule has 9 heteroatoms. The largest absolute Gasteiger partial charge is 0.339 e. The van der Waals surface area contributed by atoms with Crippen LogP contribution in [0.25, 0.3) is 0 Å². The van der Waals surface area contributed by atoms with Crippen LogP contribution in [-0.4, -0.2) is 127 Å². The number of nitrogens with zero attached hydrogens (tertiary/aromatic N) is 5. The molecule has 0 bridgehead atoms. The van der Waals surface area contributed by atoms with Crippen molar-refractivity contribution in [1.82, 2.24) is 24.5 Å². The van der Waals surface area contributed by atoms with Crippen molar-refractivity contribution in [2.24, 2.45) is 11.8 Å². The summed E-state index contributed by atoms with van der Waals surface area (Å²) in [5.41, 5.74) is 5.61. The van der Waals surface area contributed by atoms with Crippen molar-refractivity contribution in [3.8, 4) is 0 Å². The highest BCUT2D eigenvalue weighted by Crippen LogP contribution is 2.38. The Morgan fingerprint density at radius 3 is 1.34 bits per heavy atom. The van der Waals surface area contributed by atoms with Gasteiger partial charge in [0.2, 0.25) is 11.8 Å². The molecule has 4 aliphatic heterocycles. The zero-order valence-electron chi connectivity index (χ0n) is 36.0. The maximum absolute atomic E-state index is 14.4. The van der Waals surface area contributed by atoms with Crippen LogP contribution in [0.2, 0.25) is 0 Å². The molecule has 312 valence electrons. The van der Waals surface area contributed by atoms with Crippen LogP contribution in [0.4, 0.5) is 8.78 Å². The van der Waals surface area contributed by atoms with E-state index in [1.165, 1.54) is 27.2 Å². The quantitative estimate of drug-likeness (QED) is 0.242. The van der Waals surface area contributed by atoms with Gasteiger partial charge in [-0.05, 0) is 124 Å². The Kier molecular flexibility index (Phi) is 16.0. The molecule has 6 rings (SSSR count). The normalized spacial score (nSPS) is 22.2. The van der Waals surface area contributed by atoms with E-state index in [1.54, 1.807) is 0 Å². The second kappa shape index (κ2) is 20.2. The highest BCUT2D eigenvalue weighted by Gasteiger charge is 2.47. The Morgan fingerprint density at radius 1 is 0.571 bits per heavy atom. The molecule has 0 aliphatic carbocycles. The zero-order valence-corrected chi connectivity index (χ0v) is 36.0. The number of rotatable bonds is 10. The van der Waals surface area contributed by atoms with E-state index in [0.717, 1.165) is 78.0 Å². The first-order valence-corrected chi connectivity index (χ1v) is 21.9. The van der Waals surface area contributed by atoms with Gasteiger partial charge >= 0.3 is 0 Å². The Balaban J connectivity index is 0.000000215. The maximum Gasteiger partial charge on any atom is 0.268 e. The van der Waals surface area contributed by atoms with Crippen LogP contribution in [0, 0.1) is 11.8 Å². The van der Waals surface area contributed by atoms with Gasteiger partial charge in [-0.1, -0.05) is 90.1 Å². The predicted octanol–water partition coefficient (Wildman–Crippen LogP) is 8.67. The van der Waals surface area contributed by atoms with Gasteiger partial charge in [0.15, 0.2) is 0 Å². The third-order valence-corrected chi connectivity index (χ3v) is 13.3. The van der Waals surface area contributed by atoms with Gasteiger partial charge in [0.25, 0.3) is 5.92 Å². The average molecular weight is 778 g/mol. The van der Waals surface area contributed by atoms with Crippen molar-refractivity contribution >= 4 is 11.8 Å². The van der Waals surface area contributed by atoms with Gasteiger partial charge in [-0.3, -0.25) is 24.3 Å². The van der Waals surface area contributed by atoms with Gasteiger partial charge in [0, 0.05) is 44.7 Å². The summed E-state index contributed by atoms with van der Waals surface area (Å²) >= 11 is 0. The molecule has 4 fully saturated rings. The van der Waals surface area contributed by atoms with Gasteiger partial charge in [0.1, 0.15) is 0 Å². The summed E-state index contributed by atoms with van der Waals surface area (Å²) in [7, 11) is 0. The van der Waals surface area contributed by atoms with Crippen LogP contribution in [0.5, 0.6) is 0 Å². The predicted molar refractivity (Wildman–Crippen MR) is 226 cm³/mol. The van der Waals surface area contributed by atoms with Crippen molar-refractivity contribution in [2.75, 3.05) is 78.5 Å². The van der Waals surface area contributed by atoms with Crippen molar-refractivity contribution in [1.29, 1.82) is 0 Å². The Morgan fingerprint density at radius 2 is 0.982 bits per heavy atom.